The minimum atomic E-state index is -0.118. The van der Waals surface area contributed by atoms with Gasteiger partial charge in [0.05, 0.1) is 27.8 Å². The van der Waals surface area contributed by atoms with Gasteiger partial charge >= 0.3 is 11.9 Å². The number of hydrogen-bond acceptors (Lipinski definition) is 5. The van der Waals surface area contributed by atoms with Crippen molar-refractivity contribution in [2.75, 3.05) is 40.9 Å². The second-order valence-corrected chi connectivity index (χ2v) is 14.4. The summed E-state index contributed by atoms with van der Waals surface area (Å²) in [6.07, 6.45) is 12.7. The van der Waals surface area contributed by atoms with E-state index in [-0.39, 0.29) is 24.6 Å². The highest BCUT2D eigenvalue weighted by atomic mass is 16.5. The number of methoxy groups -OCH3 is 1. The standard InChI is InChI=1S/C31H54NO5/c1-21(7-12-28(34)36-6)25-10-11-26-24-9-8-22-19-23(37-29(35)20-32(4,5)17-18-33)13-15-30(22,2)27(24)14-16-31(25,26)3/h21-27,33H,7-20H2,1-6H3/q+1/t21-,22-,23-,24+,25-,26+,27+,30+,31-/m1/s1. The predicted octanol–water partition coefficient (Wildman–Crippen LogP) is 5.22. The van der Waals surface area contributed by atoms with Crippen LogP contribution in [-0.2, 0) is 19.1 Å². The molecule has 0 radical (unpaired) electrons. The van der Waals surface area contributed by atoms with E-state index < -0.39 is 0 Å². The molecular formula is C31H54NO5+. The second kappa shape index (κ2) is 11.2. The lowest BCUT2D eigenvalue weighted by atomic mass is 9.44. The van der Waals surface area contributed by atoms with Crippen LogP contribution in [0.5, 0.6) is 0 Å². The predicted molar refractivity (Wildman–Crippen MR) is 144 cm³/mol. The highest BCUT2D eigenvalue weighted by Gasteiger charge is 2.60. The molecule has 0 aromatic rings. The van der Waals surface area contributed by atoms with Gasteiger partial charge in [-0.15, -0.1) is 0 Å². The molecule has 9 atom stereocenters. The van der Waals surface area contributed by atoms with Crippen molar-refractivity contribution in [2.24, 2.45) is 46.3 Å². The summed E-state index contributed by atoms with van der Waals surface area (Å²) in [7, 11) is 5.44. The van der Waals surface area contributed by atoms with Crippen LogP contribution in [0, 0.1) is 46.3 Å². The summed E-state index contributed by atoms with van der Waals surface area (Å²) < 4.78 is 11.4. The zero-order valence-corrected chi connectivity index (χ0v) is 24.5. The van der Waals surface area contributed by atoms with Crippen molar-refractivity contribution >= 4 is 11.9 Å². The molecule has 0 aromatic heterocycles. The van der Waals surface area contributed by atoms with E-state index >= 15 is 0 Å². The van der Waals surface area contributed by atoms with Crippen LogP contribution in [0.4, 0.5) is 0 Å². The normalized spacial score (nSPS) is 40.2. The molecule has 0 bridgehead atoms. The van der Waals surface area contributed by atoms with E-state index in [1.807, 2.05) is 14.1 Å². The molecule has 37 heavy (non-hydrogen) atoms. The Morgan fingerprint density at radius 2 is 1.68 bits per heavy atom. The molecule has 0 saturated heterocycles. The molecule has 0 aromatic carbocycles. The molecule has 4 saturated carbocycles. The fourth-order valence-electron chi connectivity index (χ4n) is 9.87. The molecule has 6 nitrogen and oxygen atoms in total. The van der Waals surface area contributed by atoms with Gasteiger partial charge in [-0.2, -0.15) is 0 Å². The maximum absolute atomic E-state index is 12.7. The maximum Gasteiger partial charge on any atom is 0.362 e. The summed E-state index contributed by atoms with van der Waals surface area (Å²) in [5.41, 5.74) is 0.778. The number of aliphatic hydroxyl groups excluding tert-OH is 1. The molecular weight excluding hydrogens is 466 g/mol. The number of likely N-dealkylation sites (N-methyl/N-ethyl adjacent to an activating group) is 1. The van der Waals surface area contributed by atoms with E-state index in [0.717, 1.165) is 42.9 Å². The molecule has 0 aliphatic heterocycles. The van der Waals surface area contributed by atoms with Gasteiger partial charge in [0.2, 0.25) is 0 Å². The van der Waals surface area contributed by atoms with Crippen LogP contribution < -0.4 is 0 Å². The van der Waals surface area contributed by atoms with E-state index in [0.29, 0.717) is 46.7 Å². The summed E-state index contributed by atoms with van der Waals surface area (Å²) in [6, 6.07) is 0. The molecule has 0 spiro atoms. The fraction of sp³-hybridized carbons (Fsp3) is 0.935. The van der Waals surface area contributed by atoms with Crippen molar-refractivity contribution in [3.63, 3.8) is 0 Å². The van der Waals surface area contributed by atoms with Crippen LogP contribution >= 0.6 is 0 Å². The number of quaternary nitrogens is 1. The second-order valence-electron chi connectivity index (χ2n) is 14.4. The first-order valence-electron chi connectivity index (χ1n) is 15.1. The van der Waals surface area contributed by atoms with Gasteiger partial charge in [0.25, 0.3) is 0 Å². The Kier molecular flexibility index (Phi) is 8.70. The number of rotatable bonds is 9. The minimum absolute atomic E-state index is 0.0524. The van der Waals surface area contributed by atoms with Crippen LogP contribution in [0.15, 0.2) is 0 Å². The number of ether oxygens (including phenoxy) is 2. The van der Waals surface area contributed by atoms with Gasteiger partial charge in [0.15, 0.2) is 6.54 Å². The average molecular weight is 521 g/mol. The summed E-state index contributed by atoms with van der Waals surface area (Å²) in [5.74, 6) is 4.19. The van der Waals surface area contributed by atoms with Gasteiger partial charge in [-0.25, -0.2) is 4.79 Å². The molecule has 4 fully saturated rings. The van der Waals surface area contributed by atoms with Crippen LogP contribution in [0.25, 0.3) is 0 Å². The van der Waals surface area contributed by atoms with Crippen molar-refractivity contribution in [3.8, 4) is 0 Å². The van der Waals surface area contributed by atoms with Crippen LogP contribution in [-0.4, -0.2) is 68.5 Å². The quantitative estimate of drug-likeness (QED) is 0.334. The zero-order valence-electron chi connectivity index (χ0n) is 24.5. The molecule has 212 valence electrons. The van der Waals surface area contributed by atoms with Gasteiger partial charge in [-0.1, -0.05) is 20.8 Å². The monoisotopic (exact) mass is 520 g/mol. The zero-order chi connectivity index (χ0) is 27.0. The fourth-order valence-corrected chi connectivity index (χ4v) is 9.87. The van der Waals surface area contributed by atoms with Crippen molar-refractivity contribution in [1.29, 1.82) is 0 Å². The van der Waals surface area contributed by atoms with Gasteiger partial charge in [0.1, 0.15) is 12.6 Å². The van der Waals surface area contributed by atoms with E-state index in [1.165, 1.54) is 52.1 Å². The number of fused-ring (bicyclic) bond motifs is 5. The van der Waals surface area contributed by atoms with Crippen molar-refractivity contribution in [3.05, 3.63) is 0 Å². The Morgan fingerprint density at radius 3 is 2.38 bits per heavy atom. The van der Waals surface area contributed by atoms with Crippen molar-refractivity contribution < 1.29 is 28.7 Å². The molecule has 6 heteroatoms. The van der Waals surface area contributed by atoms with E-state index in [9.17, 15) is 14.7 Å². The number of carbonyl (C=O) groups is 2. The highest BCUT2D eigenvalue weighted by molar-refractivity contribution is 5.70. The van der Waals surface area contributed by atoms with Gasteiger partial charge in [0, 0.05) is 6.42 Å². The molecule has 4 rings (SSSR count). The SMILES string of the molecule is COC(=O)CC[C@@H](C)[C@H]1CC[C@H]2[C@@H]3CC[C@@H]4C[C@H](OC(=O)C[N+](C)(C)CCO)CC[C@]4(C)[C@H]3CC[C@]12C. The number of hydrogen-bond donors (Lipinski definition) is 1. The first-order chi connectivity index (χ1) is 17.4. The molecule has 4 aliphatic rings. The first kappa shape index (κ1) is 28.9. The van der Waals surface area contributed by atoms with Crippen LogP contribution in [0.3, 0.4) is 0 Å². The lowest BCUT2D eigenvalue weighted by Crippen LogP contribution is -2.54. The Labute approximate surface area is 225 Å². The number of nitrogens with zero attached hydrogens (tertiary/aromatic N) is 1. The summed E-state index contributed by atoms with van der Waals surface area (Å²) in [4.78, 5) is 24.4. The Bertz CT molecular complexity index is 828. The van der Waals surface area contributed by atoms with E-state index in [4.69, 9.17) is 9.47 Å². The molecule has 0 unspecified atom stereocenters. The first-order valence-corrected chi connectivity index (χ1v) is 15.1. The third-order valence-corrected chi connectivity index (χ3v) is 12.0. The van der Waals surface area contributed by atoms with Gasteiger partial charge < -0.3 is 19.1 Å². The van der Waals surface area contributed by atoms with Gasteiger partial charge in [-0.3, -0.25) is 4.79 Å². The minimum Gasteiger partial charge on any atom is -0.469 e. The Hall–Kier alpha value is -1.14. The van der Waals surface area contributed by atoms with Crippen LogP contribution in [0.1, 0.15) is 91.4 Å². The molecule has 4 aliphatic carbocycles. The number of esters is 2. The lowest BCUT2D eigenvalue weighted by molar-refractivity contribution is -0.883. The maximum atomic E-state index is 12.7. The summed E-state index contributed by atoms with van der Waals surface area (Å²) in [5, 5.41) is 9.27. The van der Waals surface area contributed by atoms with Crippen LogP contribution in [0.2, 0.25) is 0 Å². The molecule has 0 amide bonds. The lowest BCUT2D eigenvalue weighted by Gasteiger charge is -2.61. The van der Waals surface area contributed by atoms with Crippen molar-refractivity contribution in [1.82, 2.24) is 0 Å². The molecule has 0 heterocycles. The van der Waals surface area contributed by atoms with Gasteiger partial charge in [-0.05, 0) is 111 Å². The highest BCUT2D eigenvalue weighted by Crippen LogP contribution is 2.68. The van der Waals surface area contributed by atoms with E-state index in [1.54, 1.807) is 0 Å². The Balaban J connectivity index is 1.37. The summed E-state index contributed by atoms with van der Waals surface area (Å²) in [6.45, 7) is 8.50. The Morgan fingerprint density at radius 1 is 0.973 bits per heavy atom. The smallest absolute Gasteiger partial charge is 0.362 e. The van der Waals surface area contributed by atoms with Crippen molar-refractivity contribution in [2.45, 2.75) is 97.5 Å². The number of carbonyl (C=O) groups excluding carboxylic acids is 2. The topological polar surface area (TPSA) is 72.8 Å². The largest absolute Gasteiger partial charge is 0.469 e. The van der Waals surface area contributed by atoms with E-state index in [2.05, 4.69) is 20.8 Å². The average Bonchev–Trinajstić information content (AvgIpc) is 3.19. The number of aliphatic hydroxyl groups is 1. The summed E-state index contributed by atoms with van der Waals surface area (Å²) >= 11 is 0. The third kappa shape index (κ3) is 5.76. The third-order valence-electron chi connectivity index (χ3n) is 12.0. The molecule has 1 N–H and O–H groups in total.